The zero-order valence-electron chi connectivity index (χ0n) is 11.6. The summed E-state index contributed by atoms with van der Waals surface area (Å²) in [4.78, 5) is 1.29. The van der Waals surface area contributed by atoms with E-state index in [1.165, 1.54) is 29.7 Å². The summed E-state index contributed by atoms with van der Waals surface area (Å²) in [5.74, 6) is 2.15. The van der Waals surface area contributed by atoms with E-state index in [0.29, 0.717) is 6.10 Å². The second kappa shape index (κ2) is 6.85. The van der Waals surface area contributed by atoms with Crippen molar-refractivity contribution in [2.24, 2.45) is 0 Å². The Kier molecular flexibility index (Phi) is 4.65. The first-order chi connectivity index (χ1) is 9.92. The van der Waals surface area contributed by atoms with Crippen molar-refractivity contribution < 1.29 is 4.74 Å². The molecule has 0 fully saturated rings. The van der Waals surface area contributed by atoms with Crippen molar-refractivity contribution in [3.8, 4) is 5.75 Å². The first-order valence-corrected chi connectivity index (χ1v) is 8.33. The molecule has 0 spiro atoms. The Morgan fingerprint density at radius 2 is 1.75 bits per heavy atom. The smallest absolute Gasteiger partial charge is 0.133 e. The van der Waals surface area contributed by atoms with Gasteiger partial charge in [-0.2, -0.15) is 0 Å². The topological polar surface area (TPSA) is 9.23 Å². The lowest BCUT2D eigenvalue weighted by Gasteiger charge is -2.25. The molecule has 0 bridgehead atoms. The van der Waals surface area contributed by atoms with Gasteiger partial charge in [-0.25, -0.2) is 0 Å². The highest BCUT2D eigenvalue weighted by Gasteiger charge is 2.19. The average Bonchev–Trinajstić information content (AvgIpc) is 2.52. The van der Waals surface area contributed by atoms with E-state index in [0.717, 1.165) is 17.9 Å². The summed E-state index contributed by atoms with van der Waals surface area (Å²) in [6.45, 7) is 0. The van der Waals surface area contributed by atoms with E-state index in [1.54, 1.807) is 0 Å². The molecule has 0 aromatic heterocycles. The van der Waals surface area contributed by atoms with Crippen molar-refractivity contribution in [3.63, 3.8) is 0 Å². The summed E-state index contributed by atoms with van der Waals surface area (Å²) < 4.78 is 6.06. The van der Waals surface area contributed by atoms with Gasteiger partial charge in [-0.05, 0) is 43.4 Å². The van der Waals surface area contributed by atoms with Gasteiger partial charge >= 0.3 is 0 Å². The number of hydrogen-bond acceptors (Lipinski definition) is 2. The van der Waals surface area contributed by atoms with Crippen LogP contribution in [0.15, 0.2) is 59.5 Å². The van der Waals surface area contributed by atoms with Crippen LogP contribution in [0.4, 0.5) is 0 Å². The molecule has 20 heavy (non-hydrogen) atoms. The molecule has 0 saturated heterocycles. The minimum absolute atomic E-state index is 0.380. The molecule has 2 aromatic rings. The first-order valence-electron chi connectivity index (χ1n) is 7.34. The Hall–Kier alpha value is -1.41. The number of unbranched alkanes of at least 4 members (excludes halogenated alkanes) is 1. The number of ether oxygens (including phenoxy) is 1. The minimum atomic E-state index is 0.380. The maximum atomic E-state index is 6.06. The van der Waals surface area contributed by atoms with E-state index in [9.17, 15) is 0 Å². The van der Waals surface area contributed by atoms with Crippen molar-refractivity contribution in [2.75, 3.05) is 5.75 Å². The summed E-state index contributed by atoms with van der Waals surface area (Å²) >= 11 is 1.93. The van der Waals surface area contributed by atoms with Gasteiger partial charge in [0.2, 0.25) is 0 Å². The number of thioether (sulfide) groups is 1. The molecule has 2 aromatic carbocycles. The van der Waals surface area contributed by atoms with Crippen molar-refractivity contribution in [1.82, 2.24) is 0 Å². The van der Waals surface area contributed by atoms with Crippen LogP contribution in [-0.2, 0) is 6.42 Å². The fourth-order valence-electron chi connectivity index (χ4n) is 2.55. The predicted molar refractivity (Wildman–Crippen MR) is 85.6 cm³/mol. The summed E-state index contributed by atoms with van der Waals surface area (Å²) in [7, 11) is 0. The molecule has 0 saturated carbocycles. The molecule has 0 N–H and O–H groups in total. The largest absolute Gasteiger partial charge is 0.488 e. The highest BCUT2D eigenvalue weighted by Crippen LogP contribution is 2.36. The molecule has 1 heterocycles. The van der Waals surface area contributed by atoms with Crippen LogP contribution >= 0.6 is 11.8 Å². The second-order valence-electron chi connectivity index (χ2n) is 5.23. The monoisotopic (exact) mass is 284 g/mol. The summed E-state index contributed by atoms with van der Waals surface area (Å²) in [6.07, 6.45) is 5.20. The van der Waals surface area contributed by atoms with Gasteiger partial charge in [0.25, 0.3) is 0 Å². The van der Waals surface area contributed by atoms with Crippen LogP contribution in [0.5, 0.6) is 5.75 Å². The fraction of sp³-hybridized carbons (Fsp3) is 0.333. The zero-order valence-corrected chi connectivity index (χ0v) is 12.4. The Bertz CT molecular complexity index is 538. The van der Waals surface area contributed by atoms with E-state index in [-0.39, 0.29) is 0 Å². The number of hydrogen-bond donors (Lipinski definition) is 0. The number of benzene rings is 2. The zero-order chi connectivity index (χ0) is 13.6. The highest BCUT2D eigenvalue weighted by atomic mass is 32.2. The molecule has 0 amide bonds. The van der Waals surface area contributed by atoms with Crippen LogP contribution < -0.4 is 4.74 Å². The van der Waals surface area contributed by atoms with E-state index in [2.05, 4.69) is 54.6 Å². The normalized spacial score (nSPS) is 17.3. The molecule has 0 radical (unpaired) electrons. The van der Waals surface area contributed by atoms with Gasteiger partial charge < -0.3 is 4.74 Å². The van der Waals surface area contributed by atoms with Gasteiger partial charge in [-0.1, -0.05) is 42.5 Å². The Balaban J connectivity index is 1.42. The Labute approximate surface area is 125 Å². The van der Waals surface area contributed by atoms with Gasteiger partial charge in [-0.3, -0.25) is 0 Å². The number of fused-ring (bicyclic) bond motifs is 1. The van der Waals surface area contributed by atoms with E-state index in [1.807, 2.05) is 11.8 Å². The third-order valence-corrected chi connectivity index (χ3v) is 4.84. The van der Waals surface area contributed by atoms with Crippen LogP contribution in [0, 0.1) is 0 Å². The molecule has 3 rings (SSSR count). The summed E-state index contributed by atoms with van der Waals surface area (Å²) in [5.41, 5.74) is 1.44. The molecular weight excluding hydrogens is 264 g/mol. The highest BCUT2D eigenvalue weighted by molar-refractivity contribution is 7.99. The van der Waals surface area contributed by atoms with Gasteiger partial charge in [0.1, 0.15) is 11.9 Å². The van der Waals surface area contributed by atoms with Crippen LogP contribution in [0.1, 0.15) is 24.8 Å². The minimum Gasteiger partial charge on any atom is -0.488 e. The number of para-hydroxylation sites is 1. The standard InChI is InChI=1S/C18H20OS/c1-2-8-15(9-3-1)10-4-5-11-16-14-20-18-13-7-6-12-17(18)19-16/h1-3,6-9,12-13,16H,4-5,10-11,14H2. The summed E-state index contributed by atoms with van der Waals surface area (Å²) in [5, 5.41) is 0. The van der Waals surface area contributed by atoms with Crippen molar-refractivity contribution in [2.45, 2.75) is 36.7 Å². The molecular formula is C18H20OS. The quantitative estimate of drug-likeness (QED) is 0.718. The third-order valence-electron chi connectivity index (χ3n) is 3.65. The average molecular weight is 284 g/mol. The van der Waals surface area contributed by atoms with Crippen LogP contribution in [0.2, 0.25) is 0 Å². The van der Waals surface area contributed by atoms with Crippen molar-refractivity contribution >= 4 is 11.8 Å². The molecule has 1 atom stereocenters. The lowest BCUT2D eigenvalue weighted by Crippen LogP contribution is -2.22. The predicted octanol–water partition coefficient (Wildman–Crippen LogP) is 4.95. The van der Waals surface area contributed by atoms with Crippen LogP contribution in [0.25, 0.3) is 0 Å². The first kappa shape index (κ1) is 13.6. The van der Waals surface area contributed by atoms with Gasteiger partial charge in [0.15, 0.2) is 0 Å². The van der Waals surface area contributed by atoms with Gasteiger partial charge in [-0.15, -0.1) is 11.8 Å². The van der Waals surface area contributed by atoms with Gasteiger partial charge in [0, 0.05) is 10.6 Å². The number of rotatable bonds is 5. The molecule has 1 aliphatic rings. The Morgan fingerprint density at radius 1 is 0.950 bits per heavy atom. The van der Waals surface area contributed by atoms with Crippen LogP contribution in [-0.4, -0.2) is 11.9 Å². The molecule has 2 heteroatoms. The molecule has 1 unspecified atom stereocenters. The second-order valence-corrected chi connectivity index (χ2v) is 6.29. The van der Waals surface area contributed by atoms with Crippen molar-refractivity contribution in [3.05, 3.63) is 60.2 Å². The fourth-order valence-corrected chi connectivity index (χ4v) is 3.58. The maximum Gasteiger partial charge on any atom is 0.133 e. The van der Waals surface area contributed by atoms with E-state index >= 15 is 0 Å². The maximum absolute atomic E-state index is 6.06. The van der Waals surface area contributed by atoms with Crippen LogP contribution in [0.3, 0.4) is 0 Å². The number of aryl methyl sites for hydroxylation is 1. The molecule has 1 nitrogen and oxygen atoms in total. The molecule has 1 aliphatic heterocycles. The third kappa shape index (κ3) is 3.57. The SMILES string of the molecule is c1ccc(CCCCC2CSc3ccccc3O2)cc1. The molecule has 104 valence electrons. The van der Waals surface area contributed by atoms with E-state index in [4.69, 9.17) is 4.74 Å². The van der Waals surface area contributed by atoms with Gasteiger partial charge in [0.05, 0.1) is 0 Å². The lowest BCUT2D eigenvalue weighted by molar-refractivity contribution is 0.201. The summed E-state index contributed by atoms with van der Waals surface area (Å²) in [6, 6.07) is 19.1. The Morgan fingerprint density at radius 3 is 2.65 bits per heavy atom. The molecule has 0 aliphatic carbocycles. The van der Waals surface area contributed by atoms with E-state index < -0.39 is 0 Å². The van der Waals surface area contributed by atoms with Crippen molar-refractivity contribution in [1.29, 1.82) is 0 Å². The lowest BCUT2D eigenvalue weighted by atomic mass is 10.1.